The van der Waals surface area contributed by atoms with Crippen LogP contribution in [0.3, 0.4) is 0 Å². The molecule has 19 heavy (non-hydrogen) atoms. The molecule has 0 aliphatic heterocycles. The number of nitro benzene ring substituents is 1. The molecule has 4 nitrogen and oxygen atoms in total. The molecule has 2 aromatic rings. The summed E-state index contributed by atoms with van der Waals surface area (Å²) < 4.78 is 0. The largest absolute Gasteiger partial charge is 0.305 e. The second-order valence-electron chi connectivity index (χ2n) is 4.15. The fourth-order valence-corrected chi connectivity index (χ4v) is 2.65. The van der Waals surface area contributed by atoms with E-state index in [1.54, 1.807) is 17.4 Å². The van der Waals surface area contributed by atoms with Gasteiger partial charge >= 0.3 is 0 Å². The zero-order valence-corrected chi connectivity index (χ0v) is 11.9. The molecule has 0 saturated carbocycles. The first-order chi connectivity index (χ1) is 9.08. The van der Waals surface area contributed by atoms with Gasteiger partial charge in [-0.05, 0) is 30.0 Å². The smallest absolute Gasteiger partial charge is 0.269 e. The minimum absolute atomic E-state index is 0.0602. The number of hydrogen-bond acceptors (Lipinski definition) is 4. The first kappa shape index (κ1) is 14.0. The third kappa shape index (κ3) is 3.53. The number of non-ortho nitro benzene ring substituents is 1. The highest BCUT2D eigenvalue weighted by molar-refractivity contribution is 7.10. The van der Waals surface area contributed by atoms with E-state index in [4.69, 9.17) is 11.6 Å². The van der Waals surface area contributed by atoms with E-state index in [9.17, 15) is 10.1 Å². The normalized spacial score (nSPS) is 12.3. The van der Waals surface area contributed by atoms with Crippen molar-refractivity contribution in [3.63, 3.8) is 0 Å². The predicted octanol–water partition coefficient (Wildman–Crippen LogP) is 4.16. The summed E-state index contributed by atoms with van der Waals surface area (Å²) in [5, 5.41) is 16.6. The zero-order valence-electron chi connectivity index (χ0n) is 10.3. The number of thiophene rings is 1. The first-order valence-electron chi connectivity index (χ1n) is 5.77. The highest BCUT2D eigenvalue weighted by atomic mass is 35.5. The number of rotatable bonds is 5. The molecule has 1 atom stereocenters. The van der Waals surface area contributed by atoms with Gasteiger partial charge in [-0.15, -0.1) is 11.3 Å². The highest BCUT2D eigenvalue weighted by Gasteiger charge is 2.11. The van der Waals surface area contributed by atoms with Gasteiger partial charge in [0.05, 0.1) is 4.92 Å². The van der Waals surface area contributed by atoms with Gasteiger partial charge in [-0.25, -0.2) is 0 Å². The molecule has 0 bridgehead atoms. The molecule has 1 N–H and O–H groups in total. The van der Waals surface area contributed by atoms with Gasteiger partial charge in [0.2, 0.25) is 0 Å². The van der Waals surface area contributed by atoms with Crippen LogP contribution in [0.4, 0.5) is 5.69 Å². The summed E-state index contributed by atoms with van der Waals surface area (Å²) in [6.07, 6.45) is 0. The van der Waals surface area contributed by atoms with Crippen LogP contribution < -0.4 is 5.32 Å². The van der Waals surface area contributed by atoms with Crippen LogP contribution in [0.2, 0.25) is 5.02 Å². The van der Waals surface area contributed by atoms with E-state index in [1.165, 1.54) is 17.0 Å². The number of nitro groups is 1. The first-order valence-corrected chi connectivity index (χ1v) is 7.03. The maximum Gasteiger partial charge on any atom is 0.269 e. The minimum Gasteiger partial charge on any atom is -0.305 e. The Morgan fingerprint density at radius 2 is 2.26 bits per heavy atom. The summed E-state index contributed by atoms with van der Waals surface area (Å²) in [4.78, 5) is 11.5. The molecular weight excluding hydrogens is 284 g/mol. The lowest BCUT2D eigenvalue weighted by atomic mass is 10.2. The summed E-state index contributed by atoms with van der Waals surface area (Å²) in [6, 6.07) is 8.73. The van der Waals surface area contributed by atoms with Gasteiger partial charge in [-0.1, -0.05) is 17.7 Å². The van der Waals surface area contributed by atoms with Crippen molar-refractivity contribution in [3.05, 3.63) is 61.3 Å². The lowest BCUT2D eigenvalue weighted by Crippen LogP contribution is -2.17. The molecule has 0 spiro atoms. The molecule has 0 unspecified atom stereocenters. The van der Waals surface area contributed by atoms with E-state index in [2.05, 4.69) is 18.3 Å². The lowest BCUT2D eigenvalue weighted by Gasteiger charge is -2.12. The molecule has 1 aromatic carbocycles. The minimum atomic E-state index is -0.414. The van der Waals surface area contributed by atoms with Crippen LogP contribution in [0.1, 0.15) is 23.4 Å². The number of halogens is 1. The molecule has 0 aliphatic carbocycles. The van der Waals surface area contributed by atoms with Gasteiger partial charge in [0, 0.05) is 34.6 Å². The van der Waals surface area contributed by atoms with Crippen LogP contribution in [0.5, 0.6) is 0 Å². The maximum absolute atomic E-state index is 10.7. The van der Waals surface area contributed by atoms with Crippen LogP contribution >= 0.6 is 22.9 Å². The zero-order chi connectivity index (χ0) is 13.8. The van der Waals surface area contributed by atoms with Gasteiger partial charge in [0.1, 0.15) is 0 Å². The van der Waals surface area contributed by atoms with Crippen LogP contribution in [0.15, 0.2) is 35.7 Å². The average Bonchev–Trinajstić information content (AvgIpc) is 2.91. The molecule has 100 valence electrons. The van der Waals surface area contributed by atoms with Gasteiger partial charge in [0.15, 0.2) is 0 Å². The van der Waals surface area contributed by atoms with Crippen molar-refractivity contribution < 1.29 is 4.92 Å². The Hall–Kier alpha value is -1.43. The standard InChI is InChI=1S/C13H13ClN2O2S/c1-9(13-3-2-6-19-13)15-8-10-7-11(16(17)18)4-5-12(10)14/h2-7,9,15H,8H2,1H3/t9-/m1/s1. The third-order valence-electron chi connectivity index (χ3n) is 2.81. The molecule has 6 heteroatoms. The van der Waals surface area contributed by atoms with E-state index in [0.717, 1.165) is 5.56 Å². The Bertz CT molecular complexity index is 572. The van der Waals surface area contributed by atoms with Crippen molar-refractivity contribution >= 4 is 28.6 Å². The Morgan fingerprint density at radius 1 is 1.47 bits per heavy atom. The summed E-state index contributed by atoms with van der Waals surface area (Å²) in [5.74, 6) is 0. The van der Waals surface area contributed by atoms with Crippen molar-refractivity contribution in [2.24, 2.45) is 0 Å². The number of hydrogen-bond donors (Lipinski definition) is 1. The highest BCUT2D eigenvalue weighted by Crippen LogP contribution is 2.24. The third-order valence-corrected chi connectivity index (χ3v) is 4.23. The molecular formula is C13H13ClN2O2S. The van der Waals surface area contributed by atoms with E-state index >= 15 is 0 Å². The van der Waals surface area contributed by atoms with E-state index in [0.29, 0.717) is 11.6 Å². The van der Waals surface area contributed by atoms with Crippen molar-refractivity contribution in [1.82, 2.24) is 5.32 Å². The van der Waals surface area contributed by atoms with Gasteiger partial charge < -0.3 is 5.32 Å². The number of nitrogens with one attached hydrogen (secondary N) is 1. The molecule has 0 aliphatic rings. The number of nitrogens with zero attached hydrogens (tertiary/aromatic N) is 1. The summed E-state index contributed by atoms with van der Waals surface area (Å²) in [7, 11) is 0. The van der Waals surface area contributed by atoms with Crippen molar-refractivity contribution in [2.45, 2.75) is 19.5 Å². The van der Waals surface area contributed by atoms with Crippen molar-refractivity contribution in [1.29, 1.82) is 0 Å². The van der Waals surface area contributed by atoms with Crippen LogP contribution in [0.25, 0.3) is 0 Å². The quantitative estimate of drug-likeness (QED) is 0.666. The maximum atomic E-state index is 10.7. The van der Waals surface area contributed by atoms with Gasteiger partial charge in [0.25, 0.3) is 5.69 Å². The average molecular weight is 297 g/mol. The Morgan fingerprint density at radius 3 is 2.89 bits per heavy atom. The molecule has 1 heterocycles. The summed E-state index contributed by atoms with van der Waals surface area (Å²) >= 11 is 7.72. The molecule has 0 radical (unpaired) electrons. The summed E-state index contributed by atoms with van der Waals surface area (Å²) in [6.45, 7) is 2.55. The fourth-order valence-electron chi connectivity index (χ4n) is 1.71. The second kappa shape index (κ2) is 6.14. The summed E-state index contributed by atoms with van der Waals surface area (Å²) in [5.41, 5.74) is 0.796. The van der Waals surface area contributed by atoms with E-state index in [1.807, 2.05) is 11.4 Å². The van der Waals surface area contributed by atoms with Crippen molar-refractivity contribution in [3.8, 4) is 0 Å². The van der Waals surface area contributed by atoms with Gasteiger partial charge in [-0.3, -0.25) is 10.1 Å². The Kier molecular flexibility index (Phi) is 4.52. The van der Waals surface area contributed by atoms with E-state index < -0.39 is 4.92 Å². The molecule has 0 amide bonds. The predicted molar refractivity (Wildman–Crippen MR) is 77.7 cm³/mol. The van der Waals surface area contributed by atoms with E-state index in [-0.39, 0.29) is 11.7 Å². The molecule has 0 saturated heterocycles. The van der Waals surface area contributed by atoms with Crippen LogP contribution in [0, 0.1) is 10.1 Å². The number of benzene rings is 1. The molecule has 2 rings (SSSR count). The van der Waals surface area contributed by atoms with Gasteiger partial charge in [-0.2, -0.15) is 0 Å². The topological polar surface area (TPSA) is 55.2 Å². The molecule has 1 aromatic heterocycles. The van der Waals surface area contributed by atoms with Crippen LogP contribution in [-0.4, -0.2) is 4.92 Å². The van der Waals surface area contributed by atoms with Crippen molar-refractivity contribution in [2.75, 3.05) is 0 Å². The Balaban J connectivity index is 2.06. The second-order valence-corrected chi connectivity index (χ2v) is 5.54. The molecule has 0 fully saturated rings. The SMILES string of the molecule is C[C@@H](NCc1cc([N+](=O)[O-])ccc1Cl)c1cccs1. The monoisotopic (exact) mass is 296 g/mol. The van der Waals surface area contributed by atoms with Crippen LogP contribution in [-0.2, 0) is 6.54 Å². The fraction of sp³-hybridized carbons (Fsp3) is 0.231. The lowest BCUT2D eigenvalue weighted by molar-refractivity contribution is -0.384. The Labute approximate surface area is 120 Å².